The predicted molar refractivity (Wildman–Crippen MR) is 49.3 cm³/mol. The third-order valence-electron chi connectivity index (χ3n) is 2.25. The van der Waals surface area contributed by atoms with Crippen molar-refractivity contribution in [1.29, 1.82) is 0 Å². The average Bonchev–Trinajstić information content (AvgIpc) is 2.06. The van der Waals surface area contributed by atoms with Crippen LogP contribution in [0.15, 0.2) is 4.79 Å². The third-order valence-corrected chi connectivity index (χ3v) is 2.25. The van der Waals surface area contributed by atoms with Crippen molar-refractivity contribution in [2.75, 3.05) is 5.73 Å². The molecule has 0 aliphatic carbocycles. The minimum absolute atomic E-state index is 0.101. The van der Waals surface area contributed by atoms with Gasteiger partial charge in [-0.15, -0.1) is 0 Å². The van der Waals surface area contributed by atoms with Crippen LogP contribution < -0.4 is 16.6 Å². The van der Waals surface area contributed by atoms with E-state index in [2.05, 4.69) is 15.3 Å². The molecule has 1 aliphatic heterocycles. The topological polar surface area (TPSA) is 83.8 Å². The van der Waals surface area contributed by atoms with E-state index >= 15 is 0 Å². The summed E-state index contributed by atoms with van der Waals surface area (Å²) in [5.74, 6) is 0.195. The number of nitrogen functional groups attached to an aromatic ring is 1. The maximum atomic E-state index is 11.4. The van der Waals surface area contributed by atoms with Gasteiger partial charge in [0, 0.05) is 18.2 Å². The van der Waals surface area contributed by atoms with Gasteiger partial charge in [-0.05, 0) is 13.3 Å². The Labute approximate surface area is 75.4 Å². The fourth-order valence-corrected chi connectivity index (χ4v) is 1.57. The number of anilines is 1. The van der Waals surface area contributed by atoms with E-state index in [0.29, 0.717) is 12.6 Å². The van der Waals surface area contributed by atoms with E-state index in [0.717, 1.165) is 17.7 Å². The number of hydrogen-bond donors (Lipinski definition) is 3. The van der Waals surface area contributed by atoms with Gasteiger partial charge in [-0.2, -0.15) is 0 Å². The van der Waals surface area contributed by atoms with Gasteiger partial charge in [-0.3, -0.25) is 9.78 Å². The predicted octanol–water partition coefficient (Wildman–Crippen LogP) is -0.614. The second-order valence-electron chi connectivity index (χ2n) is 3.36. The molecule has 2 heterocycles. The summed E-state index contributed by atoms with van der Waals surface area (Å²) in [5.41, 5.74) is 6.86. The van der Waals surface area contributed by atoms with Crippen molar-refractivity contribution < 1.29 is 0 Å². The number of H-pyrrole nitrogens is 1. The summed E-state index contributed by atoms with van der Waals surface area (Å²) in [6.45, 7) is 2.67. The normalized spacial score (nSPS) is 21.2. The minimum Gasteiger partial charge on any atom is -0.369 e. The minimum atomic E-state index is -0.101. The number of aromatic nitrogens is 2. The molecule has 1 unspecified atom stereocenters. The highest BCUT2D eigenvalue weighted by molar-refractivity contribution is 5.27. The summed E-state index contributed by atoms with van der Waals surface area (Å²) in [7, 11) is 0. The van der Waals surface area contributed by atoms with Crippen LogP contribution in [-0.2, 0) is 13.0 Å². The highest BCUT2D eigenvalue weighted by Gasteiger charge is 2.18. The molecule has 0 saturated carbocycles. The van der Waals surface area contributed by atoms with Crippen LogP contribution >= 0.6 is 0 Å². The van der Waals surface area contributed by atoms with Gasteiger partial charge in [0.15, 0.2) is 0 Å². The zero-order valence-corrected chi connectivity index (χ0v) is 7.42. The van der Waals surface area contributed by atoms with Crippen molar-refractivity contribution >= 4 is 5.95 Å². The van der Waals surface area contributed by atoms with E-state index < -0.39 is 0 Å². The van der Waals surface area contributed by atoms with Crippen molar-refractivity contribution in [2.45, 2.75) is 25.9 Å². The first-order valence-corrected chi connectivity index (χ1v) is 4.27. The highest BCUT2D eigenvalue weighted by atomic mass is 16.1. The average molecular weight is 180 g/mol. The SMILES string of the molecule is CC1Cc2c(nc(N)[nH]c2=O)CN1. The van der Waals surface area contributed by atoms with Gasteiger partial charge in [0.1, 0.15) is 0 Å². The number of fused-ring (bicyclic) bond motifs is 1. The van der Waals surface area contributed by atoms with E-state index in [4.69, 9.17) is 5.73 Å². The Morgan fingerprint density at radius 1 is 1.62 bits per heavy atom. The van der Waals surface area contributed by atoms with Gasteiger partial charge in [0.05, 0.1) is 5.69 Å². The number of rotatable bonds is 0. The van der Waals surface area contributed by atoms with Crippen molar-refractivity contribution in [3.05, 3.63) is 21.6 Å². The number of nitrogens with two attached hydrogens (primary N) is 1. The van der Waals surface area contributed by atoms with Gasteiger partial charge in [0.25, 0.3) is 5.56 Å². The van der Waals surface area contributed by atoms with E-state index in [-0.39, 0.29) is 11.5 Å². The fraction of sp³-hybridized carbons (Fsp3) is 0.500. The van der Waals surface area contributed by atoms with E-state index in [1.165, 1.54) is 0 Å². The summed E-state index contributed by atoms with van der Waals surface area (Å²) in [6, 6.07) is 0.332. The molecule has 70 valence electrons. The standard InChI is InChI=1S/C8H12N4O/c1-4-2-5-6(3-10-4)11-8(9)12-7(5)13/h4,10H,2-3H2,1H3,(H3,9,11,12,13). The van der Waals surface area contributed by atoms with Crippen molar-refractivity contribution in [1.82, 2.24) is 15.3 Å². The second-order valence-corrected chi connectivity index (χ2v) is 3.36. The first-order valence-electron chi connectivity index (χ1n) is 4.27. The molecule has 0 saturated heterocycles. The van der Waals surface area contributed by atoms with Gasteiger partial charge < -0.3 is 11.1 Å². The summed E-state index contributed by atoms with van der Waals surface area (Å²) in [4.78, 5) is 18.0. The molecule has 0 bridgehead atoms. The van der Waals surface area contributed by atoms with Crippen molar-refractivity contribution in [2.24, 2.45) is 0 Å². The summed E-state index contributed by atoms with van der Waals surface area (Å²) in [5, 5.41) is 3.22. The number of nitrogens with zero attached hydrogens (tertiary/aromatic N) is 1. The highest BCUT2D eigenvalue weighted by Crippen LogP contribution is 2.10. The molecular formula is C8H12N4O. The number of hydrogen-bond acceptors (Lipinski definition) is 4. The lowest BCUT2D eigenvalue weighted by atomic mass is 10.0. The number of nitrogens with one attached hydrogen (secondary N) is 2. The molecule has 0 amide bonds. The molecule has 0 aromatic carbocycles. The lowest BCUT2D eigenvalue weighted by Crippen LogP contribution is -2.37. The Kier molecular flexibility index (Phi) is 1.81. The molecule has 0 radical (unpaired) electrons. The Morgan fingerprint density at radius 2 is 2.38 bits per heavy atom. The number of aromatic amines is 1. The smallest absolute Gasteiger partial charge is 0.255 e. The van der Waals surface area contributed by atoms with E-state index in [1.807, 2.05) is 6.92 Å². The molecule has 0 fully saturated rings. The third kappa shape index (κ3) is 1.42. The molecular weight excluding hydrogens is 168 g/mol. The molecule has 0 spiro atoms. The molecule has 5 heteroatoms. The van der Waals surface area contributed by atoms with Gasteiger partial charge in [0.2, 0.25) is 5.95 Å². The fourth-order valence-electron chi connectivity index (χ4n) is 1.57. The van der Waals surface area contributed by atoms with Gasteiger partial charge in [-0.1, -0.05) is 0 Å². The Morgan fingerprint density at radius 3 is 3.15 bits per heavy atom. The lowest BCUT2D eigenvalue weighted by molar-refractivity contribution is 0.500. The maximum Gasteiger partial charge on any atom is 0.255 e. The molecule has 1 aliphatic rings. The summed E-state index contributed by atoms with van der Waals surface area (Å²) < 4.78 is 0. The summed E-state index contributed by atoms with van der Waals surface area (Å²) >= 11 is 0. The zero-order chi connectivity index (χ0) is 9.42. The van der Waals surface area contributed by atoms with Crippen molar-refractivity contribution in [3.8, 4) is 0 Å². The van der Waals surface area contributed by atoms with E-state index in [1.54, 1.807) is 0 Å². The van der Waals surface area contributed by atoms with Crippen LogP contribution in [0.5, 0.6) is 0 Å². The van der Waals surface area contributed by atoms with Crippen molar-refractivity contribution in [3.63, 3.8) is 0 Å². The van der Waals surface area contributed by atoms with Crippen LogP contribution in [0.2, 0.25) is 0 Å². The maximum absolute atomic E-state index is 11.4. The van der Waals surface area contributed by atoms with Crippen LogP contribution in [0.3, 0.4) is 0 Å². The first-order chi connectivity index (χ1) is 6.16. The second kappa shape index (κ2) is 2.85. The Bertz CT molecular complexity index is 384. The van der Waals surface area contributed by atoms with Gasteiger partial charge >= 0.3 is 0 Å². The van der Waals surface area contributed by atoms with Crippen LogP contribution in [0.4, 0.5) is 5.95 Å². The van der Waals surface area contributed by atoms with Crippen LogP contribution in [-0.4, -0.2) is 16.0 Å². The molecule has 1 atom stereocenters. The Balaban J connectivity index is 2.53. The Hall–Kier alpha value is -1.36. The molecule has 13 heavy (non-hydrogen) atoms. The monoisotopic (exact) mass is 180 g/mol. The van der Waals surface area contributed by atoms with Crippen LogP contribution in [0, 0.1) is 0 Å². The van der Waals surface area contributed by atoms with E-state index in [9.17, 15) is 4.79 Å². The molecule has 5 nitrogen and oxygen atoms in total. The summed E-state index contributed by atoms with van der Waals surface area (Å²) in [6.07, 6.45) is 0.720. The van der Waals surface area contributed by atoms with Gasteiger partial charge in [-0.25, -0.2) is 4.98 Å². The quantitative estimate of drug-likeness (QED) is 0.497. The molecule has 1 aromatic rings. The lowest BCUT2D eigenvalue weighted by Gasteiger charge is -2.21. The zero-order valence-electron chi connectivity index (χ0n) is 7.42. The van der Waals surface area contributed by atoms with Crippen LogP contribution in [0.25, 0.3) is 0 Å². The molecule has 4 N–H and O–H groups in total. The molecule has 2 rings (SSSR count). The molecule has 1 aromatic heterocycles. The largest absolute Gasteiger partial charge is 0.369 e. The first kappa shape index (κ1) is 8.25. The van der Waals surface area contributed by atoms with Crippen LogP contribution in [0.1, 0.15) is 18.2 Å².